The van der Waals surface area contributed by atoms with Gasteiger partial charge >= 0.3 is 0 Å². The number of nitrogens with two attached hydrogens (primary N) is 2. The molecule has 4 nitrogen and oxygen atoms in total. The van der Waals surface area contributed by atoms with E-state index < -0.39 is 5.91 Å². The number of ether oxygens (including phenoxy) is 1. The zero-order chi connectivity index (χ0) is 9.59. The summed E-state index contributed by atoms with van der Waals surface area (Å²) in [4.78, 5) is 12.1. The number of carbonyl (C=O) groups is 1. The van der Waals surface area contributed by atoms with E-state index in [0.29, 0.717) is 17.2 Å². The molecule has 0 bridgehead atoms. The minimum Gasteiger partial charge on any atom is -0.390 e. The van der Waals surface area contributed by atoms with Gasteiger partial charge in [0.15, 0.2) is 0 Å². The Labute approximate surface area is 79.5 Å². The molecule has 1 aromatic rings. The van der Waals surface area contributed by atoms with Crippen LogP contribution in [-0.4, -0.2) is 5.91 Å². The molecule has 0 saturated heterocycles. The molecule has 1 atom stereocenters. The first kappa shape index (κ1) is 8.52. The summed E-state index contributed by atoms with van der Waals surface area (Å²) in [5, 5.41) is 0.507. The van der Waals surface area contributed by atoms with E-state index in [9.17, 15) is 4.79 Å². The molecule has 0 saturated carbocycles. The third kappa shape index (κ3) is 1.12. The summed E-state index contributed by atoms with van der Waals surface area (Å²) in [6.07, 6.45) is -0.0638. The molecule has 1 amide bonds. The molecule has 1 aliphatic rings. The van der Waals surface area contributed by atoms with Crippen LogP contribution in [-0.2, 0) is 11.3 Å². The summed E-state index contributed by atoms with van der Waals surface area (Å²) in [7, 11) is 0. The number of amides is 1. The Kier molecular flexibility index (Phi) is 1.78. The van der Waals surface area contributed by atoms with Crippen LogP contribution in [0.3, 0.4) is 0 Å². The number of hydrogen-bond donors (Lipinski definition) is 2. The molecule has 0 unspecified atom stereocenters. The van der Waals surface area contributed by atoms with Crippen LogP contribution in [0, 0.1) is 0 Å². The normalized spacial score (nSPS) is 20.2. The van der Waals surface area contributed by atoms with Gasteiger partial charge in [-0.15, -0.1) is 11.3 Å². The van der Waals surface area contributed by atoms with Crippen LogP contribution in [0.25, 0.3) is 0 Å². The molecular weight excluding hydrogens is 188 g/mol. The lowest BCUT2D eigenvalue weighted by atomic mass is 10.1. The maximum absolute atomic E-state index is 11.1. The second kappa shape index (κ2) is 2.71. The van der Waals surface area contributed by atoms with Crippen LogP contribution >= 0.6 is 11.3 Å². The summed E-state index contributed by atoms with van der Waals surface area (Å²) < 4.78 is 5.36. The molecule has 70 valence electrons. The predicted molar refractivity (Wildman–Crippen MR) is 50.5 cm³/mol. The topological polar surface area (TPSA) is 78.3 Å². The first-order valence-electron chi connectivity index (χ1n) is 3.93. The van der Waals surface area contributed by atoms with Crippen molar-refractivity contribution in [1.82, 2.24) is 0 Å². The summed E-state index contributed by atoms with van der Waals surface area (Å²) >= 11 is 1.39. The molecule has 2 rings (SSSR count). The number of nitrogen functional groups attached to an aromatic ring is 1. The van der Waals surface area contributed by atoms with Gasteiger partial charge in [-0.2, -0.15) is 0 Å². The quantitative estimate of drug-likeness (QED) is 0.707. The van der Waals surface area contributed by atoms with Crippen molar-refractivity contribution >= 4 is 22.2 Å². The van der Waals surface area contributed by atoms with Gasteiger partial charge in [0.05, 0.1) is 23.3 Å². The van der Waals surface area contributed by atoms with Gasteiger partial charge < -0.3 is 16.2 Å². The Balaban J connectivity index is 2.61. The minimum absolute atomic E-state index is 0.0638. The highest BCUT2D eigenvalue weighted by atomic mass is 32.1. The van der Waals surface area contributed by atoms with Crippen molar-refractivity contribution in [3.05, 3.63) is 16.0 Å². The SMILES string of the molecule is C[C@H]1OCc2sc(N)c(C(N)=O)c21. The predicted octanol–water partition coefficient (Wildman–Crippen LogP) is 1.02. The van der Waals surface area contributed by atoms with Crippen molar-refractivity contribution in [2.75, 3.05) is 5.73 Å². The average molecular weight is 198 g/mol. The number of rotatable bonds is 1. The number of thiophene rings is 1. The number of carbonyl (C=O) groups excluding carboxylic acids is 1. The molecule has 4 N–H and O–H groups in total. The highest BCUT2D eigenvalue weighted by Crippen LogP contribution is 2.41. The largest absolute Gasteiger partial charge is 0.390 e. The van der Waals surface area contributed by atoms with Crippen molar-refractivity contribution in [3.8, 4) is 0 Å². The Bertz CT molecular complexity index is 372. The molecule has 0 spiro atoms. The molecule has 0 aromatic carbocycles. The van der Waals surface area contributed by atoms with Gasteiger partial charge in [0.1, 0.15) is 0 Å². The fourth-order valence-electron chi connectivity index (χ4n) is 1.59. The molecule has 5 heteroatoms. The van der Waals surface area contributed by atoms with Crippen molar-refractivity contribution in [1.29, 1.82) is 0 Å². The second-order valence-electron chi connectivity index (χ2n) is 3.00. The summed E-state index contributed by atoms with van der Waals surface area (Å²) in [6, 6.07) is 0. The van der Waals surface area contributed by atoms with E-state index in [2.05, 4.69) is 0 Å². The van der Waals surface area contributed by atoms with Gasteiger partial charge in [0.25, 0.3) is 5.91 Å². The number of primary amides is 1. The molecule has 0 fully saturated rings. The maximum Gasteiger partial charge on any atom is 0.252 e. The van der Waals surface area contributed by atoms with Gasteiger partial charge in [-0.1, -0.05) is 0 Å². The third-order valence-corrected chi connectivity index (χ3v) is 3.17. The fourth-order valence-corrected chi connectivity index (χ4v) is 2.67. The zero-order valence-corrected chi connectivity index (χ0v) is 7.98. The first-order valence-corrected chi connectivity index (χ1v) is 4.75. The lowest BCUT2D eigenvalue weighted by Crippen LogP contribution is -2.14. The molecule has 1 aliphatic heterocycles. The Morgan fingerprint density at radius 1 is 1.69 bits per heavy atom. The van der Waals surface area contributed by atoms with Crippen LogP contribution in [0.5, 0.6) is 0 Å². The second-order valence-corrected chi connectivity index (χ2v) is 4.13. The van der Waals surface area contributed by atoms with Crippen LogP contribution < -0.4 is 11.5 Å². The van der Waals surface area contributed by atoms with Gasteiger partial charge in [-0.05, 0) is 6.92 Å². The van der Waals surface area contributed by atoms with Crippen LogP contribution in [0.2, 0.25) is 0 Å². The number of anilines is 1. The summed E-state index contributed by atoms with van der Waals surface area (Å²) in [5.74, 6) is -0.465. The number of fused-ring (bicyclic) bond motifs is 1. The molecule has 13 heavy (non-hydrogen) atoms. The molecule has 0 aliphatic carbocycles. The van der Waals surface area contributed by atoms with Gasteiger partial charge in [0.2, 0.25) is 0 Å². The Morgan fingerprint density at radius 3 is 3.00 bits per heavy atom. The van der Waals surface area contributed by atoms with E-state index in [-0.39, 0.29) is 6.10 Å². The lowest BCUT2D eigenvalue weighted by molar-refractivity contribution is 0.0789. The van der Waals surface area contributed by atoms with E-state index in [4.69, 9.17) is 16.2 Å². The van der Waals surface area contributed by atoms with Crippen LogP contribution in [0.1, 0.15) is 33.8 Å². The van der Waals surface area contributed by atoms with E-state index in [1.807, 2.05) is 6.92 Å². The standard InChI is InChI=1S/C8H10N2O2S/c1-3-5-4(2-12-3)13-8(10)6(5)7(9)11/h3H,2,10H2,1H3,(H2,9,11)/t3-/m1/s1. The fraction of sp³-hybridized carbons (Fsp3) is 0.375. The van der Waals surface area contributed by atoms with Gasteiger partial charge in [-0.3, -0.25) is 4.79 Å². The van der Waals surface area contributed by atoms with Crippen LogP contribution in [0.4, 0.5) is 5.00 Å². The van der Waals surface area contributed by atoms with Crippen LogP contribution in [0.15, 0.2) is 0 Å². The molecular formula is C8H10N2O2S. The van der Waals surface area contributed by atoms with Crippen molar-refractivity contribution in [2.24, 2.45) is 5.73 Å². The first-order chi connectivity index (χ1) is 6.11. The van der Waals surface area contributed by atoms with E-state index in [1.165, 1.54) is 11.3 Å². The Morgan fingerprint density at radius 2 is 2.38 bits per heavy atom. The molecule has 0 radical (unpaired) electrons. The third-order valence-electron chi connectivity index (χ3n) is 2.17. The minimum atomic E-state index is -0.465. The van der Waals surface area contributed by atoms with E-state index >= 15 is 0 Å². The van der Waals surface area contributed by atoms with E-state index in [1.54, 1.807) is 0 Å². The van der Waals surface area contributed by atoms with Crippen molar-refractivity contribution in [3.63, 3.8) is 0 Å². The lowest BCUT2D eigenvalue weighted by Gasteiger charge is -2.04. The van der Waals surface area contributed by atoms with Crippen molar-refractivity contribution in [2.45, 2.75) is 19.6 Å². The highest BCUT2D eigenvalue weighted by molar-refractivity contribution is 7.16. The monoisotopic (exact) mass is 198 g/mol. The van der Waals surface area contributed by atoms with Crippen molar-refractivity contribution < 1.29 is 9.53 Å². The average Bonchev–Trinajstić information content (AvgIpc) is 2.51. The smallest absolute Gasteiger partial charge is 0.252 e. The van der Waals surface area contributed by atoms with E-state index in [0.717, 1.165) is 10.4 Å². The zero-order valence-electron chi connectivity index (χ0n) is 7.16. The van der Waals surface area contributed by atoms with Gasteiger partial charge in [0, 0.05) is 10.4 Å². The number of hydrogen-bond acceptors (Lipinski definition) is 4. The summed E-state index contributed by atoms with van der Waals surface area (Å²) in [6.45, 7) is 2.43. The maximum atomic E-state index is 11.1. The Hall–Kier alpha value is -1.07. The van der Waals surface area contributed by atoms with Gasteiger partial charge in [-0.25, -0.2) is 0 Å². The summed E-state index contributed by atoms with van der Waals surface area (Å²) in [5.41, 5.74) is 12.2. The molecule has 1 aromatic heterocycles. The molecule has 2 heterocycles. The highest BCUT2D eigenvalue weighted by Gasteiger charge is 2.29.